The summed E-state index contributed by atoms with van der Waals surface area (Å²) in [6.45, 7) is 5.19. The molecule has 0 aromatic heterocycles. The van der Waals surface area contributed by atoms with Crippen LogP contribution in [-0.4, -0.2) is 31.8 Å². The van der Waals surface area contributed by atoms with E-state index in [4.69, 9.17) is 0 Å². The van der Waals surface area contributed by atoms with Gasteiger partial charge in [-0.2, -0.15) is 0 Å². The molecule has 1 heterocycles. The second-order valence-electron chi connectivity index (χ2n) is 7.13. The summed E-state index contributed by atoms with van der Waals surface area (Å²) < 4.78 is 24.3. The van der Waals surface area contributed by atoms with Gasteiger partial charge in [0, 0.05) is 12.6 Å². The van der Waals surface area contributed by atoms with E-state index in [2.05, 4.69) is 18.7 Å². The molecule has 1 unspecified atom stereocenters. The summed E-state index contributed by atoms with van der Waals surface area (Å²) in [5, 5.41) is 1.91. The molecule has 4 nitrogen and oxygen atoms in total. The summed E-state index contributed by atoms with van der Waals surface area (Å²) in [5.74, 6) is 0.271. The lowest BCUT2D eigenvalue weighted by atomic mass is 10.1. The molecule has 1 N–H and O–H groups in total. The van der Waals surface area contributed by atoms with Gasteiger partial charge in [0.15, 0.2) is 0 Å². The smallest absolute Gasteiger partial charge is 0.224 e. The number of nitrogens with zero attached hydrogens (tertiary/aromatic N) is 1. The fourth-order valence-electron chi connectivity index (χ4n) is 3.24. The van der Waals surface area contributed by atoms with Crippen molar-refractivity contribution >= 4 is 10.0 Å². The zero-order valence-electron chi connectivity index (χ0n) is 15.4. The number of hydrogen-bond donors (Lipinski definition) is 1. The molecule has 1 fully saturated rings. The van der Waals surface area contributed by atoms with Gasteiger partial charge in [0.25, 0.3) is 0 Å². The highest BCUT2D eigenvalue weighted by atomic mass is 32.2. The van der Waals surface area contributed by atoms with E-state index in [0.717, 1.165) is 32.2 Å². The molecule has 0 radical (unpaired) electrons. The van der Waals surface area contributed by atoms with Crippen LogP contribution in [0.4, 0.5) is 0 Å². The zero-order valence-corrected chi connectivity index (χ0v) is 16.2. The largest absolute Gasteiger partial charge is 0.228 e. The molecule has 0 aromatic carbocycles. The van der Waals surface area contributed by atoms with Crippen LogP contribution in [0.1, 0.15) is 97.3 Å². The highest BCUT2D eigenvalue weighted by Crippen LogP contribution is 2.15. The van der Waals surface area contributed by atoms with Gasteiger partial charge in [-0.3, -0.25) is 0 Å². The predicted molar refractivity (Wildman–Crippen MR) is 98.8 cm³/mol. The molecule has 0 spiro atoms. The fourth-order valence-corrected chi connectivity index (χ4v) is 4.54. The van der Waals surface area contributed by atoms with Gasteiger partial charge in [0.05, 0.1) is 5.75 Å². The lowest BCUT2D eigenvalue weighted by molar-refractivity contribution is 0.134. The Morgan fingerprint density at radius 2 is 1.48 bits per heavy atom. The van der Waals surface area contributed by atoms with Crippen molar-refractivity contribution in [2.75, 3.05) is 12.3 Å². The van der Waals surface area contributed by atoms with Gasteiger partial charge < -0.3 is 0 Å². The Morgan fingerprint density at radius 1 is 0.913 bits per heavy atom. The molecule has 0 amide bonds. The average Bonchev–Trinajstić information content (AvgIpc) is 2.51. The van der Waals surface area contributed by atoms with Crippen LogP contribution in [0.3, 0.4) is 0 Å². The number of hydrogen-bond acceptors (Lipinski definition) is 3. The van der Waals surface area contributed by atoms with Crippen LogP contribution in [0.15, 0.2) is 0 Å². The van der Waals surface area contributed by atoms with Crippen molar-refractivity contribution in [3.63, 3.8) is 0 Å². The Labute approximate surface area is 144 Å². The van der Waals surface area contributed by atoms with E-state index in [-0.39, 0.29) is 5.75 Å². The number of hydrazine groups is 1. The lowest BCUT2D eigenvalue weighted by Crippen LogP contribution is -2.50. The molecule has 0 bridgehead atoms. The summed E-state index contributed by atoms with van der Waals surface area (Å²) in [6, 6.07) is 0.325. The van der Waals surface area contributed by atoms with E-state index in [1.165, 1.54) is 57.8 Å². The van der Waals surface area contributed by atoms with Crippen LogP contribution in [0.2, 0.25) is 0 Å². The molecular weight excluding hydrogens is 308 g/mol. The van der Waals surface area contributed by atoms with Crippen LogP contribution in [-0.2, 0) is 10.0 Å². The van der Waals surface area contributed by atoms with E-state index < -0.39 is 10.0 Å². The van der Waals surface area contributed by atoms with Gasteiger partial charge in [0.2, 0.25) is 10.0 Å². The molecule has 1 atom stereocenters. The van der Waals surface area contributed by atoms with E-state index in [1.807, 2.05) is 5.01 Å². The van der Waals surface area contributed by atoms with Crippen molar-refractivity contribution in [3.05, 3.63) is 0 Å². The molecule has 5 heteroatoms. The number of rotatable bonds is 13. The highest BCUT2D eigenvalue weighted by molar-refractivity contribution is 7.89. The molecule has 1 aliphatic rings. The topological polar surface area (TPSA) is 49.4 Å². The summed E-state index contributed by atoms with van der Waals surface area (Å²) in [6.07, 6.45) is 15.7. The monoisotopic (exact) mass is 346 g/mol. The van der Waals surface area contributed by atoms with Gasteiger partial charge in [-0.15, -0.1) is 4.83 Å². The first kappa shape index (κ1) is 20.9. The van der Waals surface area contributed by atoms with Crippen LogP contribution >= 0.6 is 0 Å². The third-order valence-electron chi connectivity index (χ3n) is 4.83. The summed E-state index contributed by atoms with van der Waals surface area (Å²) in [5.41, 5.74) is 0. The Bertz CT molecular complexity index is 384. The standard InChI is InChI=1S/C18H38N2O2S/c1-3-4-5-6-7-8-9-10-11-14-17-23(21,22)19-20-16-13-12-15-18(20)2/h18-19H,3-17H2,1-2H3. The van der Waals surface area contributed by atoms with E-state index in [1.54, 1.807) is 0 Å². The molecule has 0 aliphatic carbocycles. The summed E-state index contributed by atoms with van der Waals surface area (Å²) >= 11 is 0. The lowest BCUT2D eigenvalue weighted by Gasteiger charge is -2.32. The molecule has 1 aliphatic heterocycles. The maximum absolute atomic E-state index is 12.1. The minimum atomic E-state index is -3.15. The van der Waals surface area contributed by atoms with Crippen molar-refractivity contribution in [1.29, 1.82) is 0 Å². The number of unbranched alkanes of at least 4 members (excludes halogenated alkanes) is 9. The predicted octanol–water partition coefficient (Wildman–Crippen LogP) is 4.62. The van der Waals surface area contributed by atoms with Crippen molar-refractivity contribution in [3.8, 4) is 0 Å². The number of nitrogens with one attached hydrogen (secondary N) is 1. The minimum Gasteiger partial charge on any atom is -0.228 e. The van der Waals surface area contributed by atoms with Gasteiger partial charge in [0.1, 0.15) is 0 Å². The third kappa shape index (κ3) is 10.4. The van der Waals surface area contributed by atoms with Crippen molar-refractivity contribution < 1.29 is 8.42 Å². The van der Waals surface area contributed by atoms with Gasteiger partial charge in [-0.1, -0.05) is 71.1 Å². The Kier molecular flexibility index (Phi) is 11.2. The van der Waals surface area contributed by atoms with Gasteiger partial charge in [-0.25, -0.2) is 13.4 Å². The molecule has 0 saturated carbocycles. The van der Waals surface area contributed by atoms with Crippen molar-refractivity contribution in [2.24, 2.45) is 0 Å². The van der Waals surface area contributed by atoms with Gasteiger partial charge >= 0.3 is 0 Å². The van der Waals surface area contributed by atoms with Crippen LogP contribution in [0, 0.1) is 0 Å². The van der Waals surface area contributed by atoms with Crippen LogP contribution in [0.25, 0.3) is 0 Å². The Balaban J connectivity index is 2.01. The third-order valence-corrected chi connectivity index (χ3v) is 6.16. The fraction of sp³-hybridized carbons (Fsp3) is 1.00. The quantitative estimate of drug-likeness (QED) is 0.495. The molecule has 23 heavy (non-hydrogen) atoms. The molecule has 1 rings (SSSR count). The van der Waals surface area contributed by atoms with Crippen molar-refractivity contribution in [1.82, 2.24) is 9.84 Å². The SMILES string of the molecule is CCCCCCCCCCCCS(=O)(=O)NN1CCCCC1C. The number of sulfonamides is 1. The number of piperidine rings is 1. The van der Waals surface area contributed by atoms with Crippen LogP contribution < -0.4 is 4.83 Å². The van der Waals surface area contributed by atoms with E-state index in [9.17, 15) is 8.42 Å². The summed E-state index contributed by atoms with van der Waals surface area (Å²) in [7, 11) is -3.15. The maximum Gasteiger partial charge on any atom is 0.224 e. The second kappa shape index (κ2) is 12.3. The second-order valence-corrected chi connectivity index (χ2v) is 8.95. The van der Waals surface area contributed by atoms with E-state index >= 15 is 0 Å². The Morgan fingerprint density at radius 3 is 2.04 bits per heavy atom. The molecule has 1 saturated heterocycles. The zero-order chi connectivity index (χ0) is 17.0. The first-order chi connectivity index (χ1) is 11.0. The molecule has 0 aromatic rings. The van der Waals surface area contributed by atoms with Crippen molar-refractivity contribution in [2.45, 2.75) is 103 Å². The van der Waals surface area contributed by atoms with E-state index in [0.29, 0.717) is 6.04 Å². The Hall–Kier alpha value is -0.130. The normalized spacial score (nSPS) is 20.0. The summed E-state index contributed by atoms with van der Waals surface area (Å²) in [4.78, 5) is 2.78. The first-order valence-electron chi connectivity index (χ1n) is 9.82. The molecular formula is C18H38N2O2S. The minimum absolute atomic E-state index is 0.271. The first-order valence-corrected chi connectivity index (χ1v) is 11.5. The van der Waals surface area contributed by atoms with Crippen LogP contribution in [0.5, 0.6) is 0 Å². The molecule has 138 valence electrons. The highest BCUT2D eigenvalue weighted by Gasteiger charge is 2.22. The average molecular weight is 347 g/mol. The maximum atomic E-state index is 12.1. The van der Waals surface area contributed by atoms with Gasteiger partial charge in [-0.05, 0) is 26.2 Å².